The van der Waals surface area contributed by atoms with E-state index in [9.17, 15) is 17.6 Å². The van der Waals surface area contributed by atoms with Crippen molar-refractivity contribution in [2.45, 2.75) is 11.8 Å². The van der Waals surface area contributed by atoms with Gasteiger partial charge in [0.25, 0.3) is 15.9 Å². The van der Waals surface area contributed by atoms with Gasteiger partial charge >= 0.3 is 0 Å². The molecule has 0 spiro atoms. The Labute approximate surface area is 183 Å². The number of sulfonamides is 1. The molecule has 0 unspecified atom stereocenters. The van der Waals surface area contributed by atoms with E-state index in [1.807, 2.05) is 6.92 Å². The van der Waals surface area contributed by atoms with Crippen LogP contribution in [0.3, 0.4) is 0 Å². The monoisotopic (exact) mass is 451 g/mol. The molecule has 3 aromatic carbocycles. The largest absolute Gasteiger partial charge is 0.436 e. The second kappa shape index (κ2) is 8.64. The van der Waals surface area contributed by atoms with E-state index in [0.717, 1.165) is 5.56 Å². The first kappa shape index (κ1) is 21.3. The maximum Gasteiger partial charge on any atom is 0.276 e. The molecule has 7 nitrogen and oxygen atoms in total. The Hall–Kier alpha value is -3.98. The standard InChI is InChI=1S/C23H18FN3O4S/c1-15-10-12-17(13-11-15)32(29,30)27-26-23-18(14-16-6-2-5-9-21(16)31-23)22(28)25-20-8-4-3-7-19(20)24/h2-14,27H,1H3,(H,25,28). The van der Waals surface area contributed by atoms with Crippen LogP contribution in [0.5, 0.6) is 0 Å². The van der Waals surface area contributed by atoms with Crippen molar-refractivity contribution in [3.63, 3.8) is 0 Å². The number of hydrogen-bond acceptors (Lipinski definition) is 5. The van der Waals surface area contributed by atoms with Crippen LogP contribution in [0.4, 0.5) is 10.1 Å². The number of hydrogen-bond donors (Lipinski definition) is 2. The molecule has 0 aliphatic carbocycles. The molecule has 0 saturated heterocycles. The van der Waals surface area contributed by atoms with Gasteiger partial charge in [-0.25, -0.2) is 4.39 Å². The molecule has 162 valence electrons. The first-order valence-electron chi connectivity index (χ1n) is 9.54. The smallest absolute Gasteiger partial charge is 0.276 e. The van der Waals surface area contributed by atoms with Crippen LogP contribution in [0, 0.1) is 12.7 Å². The van der Waals surface area contributed by atoms with Crippen LogP contribution in [-0.4, -0.2) is 14.3 Å². The van der Waals surface area contributed by atoms with E-state index >= 15 is 0 Å². The number of carbonyl (C=O) groups excluding carboxylic acids is 1. The van der Waals surface area contributed by atoms with E-state index in [0.29, 0.717) is 11.0 Å². The molecule has 2 N–H and O–H groups in total. The van der Waals surface area contributed by atoms with Gasteiger partial charge < -0.3 is 9.73 Å². The summed E-state index contributed by atoms with van der Waals surface area (Å²) in [5.74, 6) is -1.32. The minimum Gasteiger partial charge on any atom is -0.436 e. The Morgan fingerprint density at radius 1 is 0.969 bits per heavy atom. The zero-order chi connectivity index (χ0) is 22.7. The van der Waals surface area contributed by atoms with Gasteiger partial charge in [0.05, 0.1) is 10.6 Å². The molecule has 4 rings (SSSR count). The second-order valence-electron chi connectivity index (χ2n) is 6.96. The summed E-state index contributed by atoms with van der Waals surface area (Å²) in [5, 5.41) is 6.90. The van der Waals surface area contributed by atoms with Crippen LogP contribution in [0.2, 0.25) is 0 Å². The van der Waals surface area contributed by atoms with Crippen molar-refractivity contribution in [3.05, 3.63) is 101 Å². The van der Waals surface area contributed by atoms with E-state index in [-0.39, 0.29) is 21.7 Å². The lowest BCUT2D eigenvalue weighted by Gasteiger charge is -2.08. The summed E-state index contributed by atoms with van der Waals surface area (Å²) in [5.41, 5.74) is 0.921. The minimum absolute atomic E-state index is 0.00463. The Kier molecular flexibility index (Phi) is 5.74. The summed E-state index contributed by atoms with van der Waals surface area (Å²) in [6.45, 7) is 1.84. The predicted molar refractivity (Wildman–Crippen MR) is 118 cm³/mol. The molecule has 32 heavy (non-hydrogen) atoms. The van der Waals surface area contributed by atoms with Gasteiger partial charge in [-0.1, -0.05) is 48.0 Å². The summed E-state index contributed by atoms with van der Waals surface area (Å²) in [6, 6.07) is 20.2. The molecular weight excluding hydrogens is 433 g/mol. The van der Waals surface area contributed by atoms with E-state index in [1.54, 1.807) is 42.5 Å². The van der Waals surface area contributed by atoms with Gasteiger partial charge in [0.15, 0.2) is 0 Å². The Morgan fingerprint density at radius 3 is 2.41 bits per heavy atom. The molecule has 0 bridgehead atoms. The highest BCUT2D eigenvalue weighted by Crippen LogP contribution is 2.16. The zero-order valence-electron chi connectivity index (χ0n) is 16.9. The number of rotatable bonds is 5. The van der Waals surface area contributed by atoms with Crippen LogP contribution in [-0.2, 0) is 10.0 Å². The molecule has 0 radical (unpaired) electrons. The third-order valence-electron chi connectivity index (χ3n) is 4.62. The topological polar surface area (TPSA) is 101 Å². The van der Waals surface area contributed by atoms with Crippen molar-refractivity contribution in [1.82, 2.24) is 4.83 Å². The molecule has 4 aromatic rings. The summed E-state index contributed by atoms with van der Waals surface area (Å²) >= 11 is 0. The van der Waals surface area contributed by atoms with Crippen LogP contribution in [0.15, 0.2) is 93.3 Å². The van der Waals surface area contributed by atoms with Crippen molar-refractivity contribution < 1.29 is 22.0 Å². The number of carbonyl (C=O) groups is 1. The van der Waals surface area contributed by atoms with Crippen LogP contribution < -0.4 is 15.7 Å². The number of halogens is 1. The highest BCUT2D eigenvalue weighted by Gasteiger charge is 2.17. The normalized spacial score (nSPS) is 12.0. The van der Waals surface area contributed by atoms with Crippen molar-refractivity contribution >= 4 is 32.6 Å². The Bertz CT molecular complexity index is 1480. The van der Waals surface area contributed by atoms with Crippen molar-refractivity contribution in [3.8, 4) is 0 Å². The van der Waals surface area contributed by atoms with Gasteiger partial charge in [0.1, 0.15) is 17.0 Å². The van der Waals surface area contributed by atoms with Crippen molar-refractivity contribution in [2.75, 3.05) is 5.32 Å². The van der Waals surface area contributed by atoms with Gasteiger partial charge in [-0.2, -0.15) is 13.2 Å². The SMILES string of the molecule is Cc1ccc(S(=O)(=O)NN=c2oc3ccccc3cc2C(=O)Nc2ccccc2F)cc1. The molecular formula is C23H18FN3O4S. The molecule has 0 aliphatic heterocycles. The summed E-state index contributed by atoms with van der Waals surface area (Å²) < 4.78 is 44.9. The van der Waals surface area contributed by atoms with E-state index < -0.39 is 21.7 Å². The highest BCUT2D eigenvalue weighted by atomic mass is 32.2. The molecule has 1 heterocycles. The molecule has 1 amide bonds. The van der Waals surface area contributed by atoms with Gasteiger partial charge in [0, 0.05) is 5.39 Å². The number of nitrogens with zero attached hydrogens (tertiary/aromatic N) is 1. The van der Waals surface area contributed by atoms with Gasteiger partial charge in [-0.05, 0) is 43.3 Å². The fourth-order valence-electron chi connectivity index (χ4n) is 2.94. The third kappa shape index (κ3) is 4.52. The highest BCUT2D eigenvalue weighted by molar-refractivity contribution is 7.89. The van der Waals surface area contributed by atoms with Gasteiger partial charge in [-0.15, -0.1) is 5.10 Å². The first-order chi connectivity index (χ1) is 15.3. The number of para-hydroxylation sites is 2. The summed E-state index contributed by atoms with van der Waals surface area (Å²) in [4.78, 5) is 15.0. The average Bonchev–Trinajstić information content (AvgIpc) is 2.79. The molecule has 0 atom stereocenters. The van der Waals surface area contributed by atoms with Crippen molar-refractivity contribution in [2.24, 2.45) is 5.10 Å². The van der Waals surface area contributed by atoms with Crippen LogP contribution in [0.1, 0.15) is 15.9 Å². The zero-order valence-corrected chi connectivity index (χ0v) is 17.7. The van der Waals surface area contributed by atoms with E-state index in [2.05, 4.69) is 15.2 Å². The maximum absolute atomic E-state index is 14.0. The summed E-state index contributed by atoms with van der Waals surface area (Å²) in [7, 11) is -4.00. The molecule has 9 heteroatoms. The van der Waals surface area contributed by atoms with Gasteiger partial charge in [-0.3, -0.25) is 4.79 Å². The van der Waals surface area contributed by atoms with Crippen LogP contribution in [0.25, 0.3) is 11.0 Å². The lowest BCUT2D eigenvalue weighted by atomic mass is 10.1. The number of anilines is 1. The molecule has 0 fully saturated rings. The Balaban J connectivity index is 1.76. The molecule has 0 aliphatic rings. The van der Waals surface area contributed by atoms with E-state index in [4.69, 9.17) is 4.42 Å². The second-order valence-corrected chi connectivity index (χ2v) is 8.62. The third-order valence-corrected chi connectivity index (χ3v) is 5.85. The number of fused-ring (bicyclic) bond motifs is 1. The summed E-state index contributed by atoms with van der Waals surface area (Å²) in [6.07, 6.45) is 0. The molecule has 0 saturated carbocycles. The van der Waals surface area contributed by atoms with Gasteiger partial charge in [0.2, 0.25) is 5.55 Å². The quantitative estimate of drug-likeness (QED) is 0.449. The number of aryl methyl sites for hydroxylation is 1. The lowest BCUT2D eigenvalue weighted by molar-refractivity contribution is 0.102. The minimum atomic E-state index is -4.00. The molecule has 1 aromatic heterocycles. The fourth-order valence-corrected chi connectivity index (χ4v) is 3.74. The van der Waals surface area contributed by atoms with Crippen molar-refractivity contribution in [1.29, 1.82) is 0 Å². The number of benzene rings is 3. The first-order valence-corrected chi connectivity index (χ1v) is 11.0. The lowest BCUT2D eigenvalue weighted by Crippen LogP contribution is -2.27. The number of amides is 1. The fraction of sp³-hybridized carbons (Fsp3) is 0.0435. The van der Waals surface area contributed by atoms with E-state index in [1.165, 1.54) is 36.4 Å². The predicted octanol–water partition coefficient (Wildman–Crippen LogP) is 3.93. The average molecular weight is 451 g/mol. The van der Waals surface area contributed by atoms with Crippen LogP contribution >= 0.6 is 0 Å². The Morgan fingerprint density at radius 2 is 1.66 bits per heavy atom. The maximum atomic E-state index is 14.0. The number of nitrogens with one attached hydrogen (secondary N) is 2.